The van der Waals surface area contributed by atoms with Crippen LogP contribution >= 0.6 is 0 Å². The molecule has 0 aliphatic heterocycles. The van der Waals surface area contributed by atoms with Gasteiger partial charge in [0.25, 0.3) is 0 Å². The van der Waals surface area contributed by atoms with E-state index in [9.17, 15) is 0 Å². The van der Waals surface area contributed by atoms with Crippen molar-refractivity contribution in [1.82, 2.24) is 0 Å². The zero-order valence-electron chi connectivity index (χ0n) is 21.7. The minimum atomic E-state index is -0.229. The molecule has 0 saturated carbocycles. The monoisotopic (exact) mass is 444 g/mol. The summed E-state index contributed by atoms with van der Waals surface area (Å²) in [5, 5.41) is 0. The molecule has 2 nitrogen and oxygen atoms in total. The van der Waals surface area contributed by atoms with E-state index < -0.39 is 0 Å². The van der Waals surface area contributed by atoms with Crippen molar-refractivity contribution in [3.8, 4) is 11.5 Å². The lowest BCUT2D eigenvalue weighted by molar-refractivity contribution is 0.162. The van der Waals surface area contributed by atoms with E-state index in [1.807, 2.05) is 6.92 Å². The zero-order valence-corrected chi connectivity index (χ0v) is 21.7. The second kappa shape index (κ2) is 9.63. The fraction of sp³-hybridized carbons (Fsp3) is 0.419. The molecule has 0 spiro atoms. The molecule has 3 aromatic rings. The van der Waals surface area contributed by atoms with E-state index in [4.69, 9.17) is 9.47 Å². The summed E-state index contributed by atoms with van der Waals surface area (Å²) in [6, 6.07) is 26.4. The van der Waals surface area contributed by atoms with E-state index in [2.05, 4.69) is 114 Å². The van der Waals surface area contributed by atoms with Crippen molar-refractivity contribution in [3.63, 3.8) is 0 Å². The Morgan fingerprint density at radius 2 is 1.00 bits per heavy atom. The molecule has 0 bridgehead atoms. The predicted molar refractivity (Wildman–Crippen MR) is 140 cm³/mol. The Labute approximate surface area is 201 Å². The Hall–Kier alpha value is -2.74. The summed E-state index contributed by atoms with van der Waals surface area (Å²) < 4.78 is 11.2. The Bertz CT molecular complexity index is 1030. The van der Waals surface area contributed by atoms with Crippen molar-refractivity contribution in [2.45, 2.75) is 71.1 Å². The molecule has 33 heavy (non-hydrogen) atoms. The summed E-state index contributed by atoms with van der Waals surface area (Å²) in [6.45, 7) is 16.8. The molecule has 0 amide bonds. The summed E-state index contributed by atoms with van der Waals surface area (Å²) in [5.74, 6) is 1.79. The molecule has 0 aliphatic rings. The van der Waals surface area contributed by atoms with Crippen LogP contribution in [0.2, 0.25) is 0 Å². The summed E-state index contributed by atoms with van der Waals surface area (Å²) in [7, 11) is 1.72. The van der Waals surface area contributed by atoms with Crippen LogP contribution in [0.25, 0.3) is 0 Å². The number of aryl methyl sites for hydroxylation is 1. The van der Waals surface area contributed by atoms with Gasteiger partial charge in [-0.05, 0) is 70.7 Å². The normalized spacial score (nSPS) is 13.9. The molecule has 0 radical (unpaired) electrons. The Morgan fingerprint density at radius 1 is 0.576 bits per heavy atom. The first-order valence-corrected chi connectivity index (χ1v) is 12.1. The summed E-state index contributed by atoms with van der Waals surface area (Å²) in [4.78, 5) is 0. The van der Waals surface area contributed by atoms with E-state index >= 15 is 0 Å². The van der Waals surface area contributed by atoms with Crippen molar-refractivity contribution in [2.75, 3.05) is 13.7 Å². The summed E-state index contributed by atoms with van der Waals surface area (Å²) in [6.07, 6.45) is 1.05. The smallest absolute Gasteiger partial charge is 0.119 e. The van der Waals surface area contributed by atoms with Gasteiger partial charge in [0, 0.05) is 5.41 Å². The third-order valence-corrected chi connectivity index (χ3v) is 8.14. The second-order valence-electron chi connectivity index (χ2n) is 10.1. The largest absolute Gasteiger partial charge is 0.497 e. The third-order valence-electron chi connectivity index (χ3n) is 8.14. The van der Waals surface area contributed by atoms with Crippen molar-refractivity contribution >= 4 is 0 Å². The first-order valence-electron chi connectivity index (χ1n) is 12.1. The number of ether oxygens (including phenoxy) is 2. The Morgan fingerprint density at radius 3 is 1.42 bits per heavy atom. The van der Waals surface area contributed by atoms with Crippen molar-refractivity contribution in [3.05, 3.63) is 95.1 Å². The maximum atomic E-state index is 5.71. The van der Waals surface area contributed by atoms with Crippen LogP contribution in [0.3, 0.4) is 0 Å². The van der Waals surface area contributed by atoms with Gasteiger partial charge in [0.15, 0.2) is 0 Å². The summed E-state index contributed by atoms with van der Waals surface area (Å²) in [5.41, 5.74) is 4.74. The fourth-order valence-corrected chi connectivity index (χ4v) is 5.30. The standard InChI is InChI=1S/C31H40O2/c1-9-23-11-13-24(14-12-23)29(3,4)31(7,26-17-19-27(32-8)20-18-26)30(5,6)25-15-21-28(22-16-25)33-10-2/h11-22H,9-10H2,1-8H3/t31-/m0/s1. The highest BCUT2D eigenvalue weighted by molar-refractivity contribution is 5.47. The lowest BCUT2D eigenvalue weighted by Crippen LogP contribution is -2.55. The molecule has 0 unspecified atom stereocenters. The van der Waals surface area contributed by atoms with Crippen LogP contribution in [0, 0.1) is 0 Å². The minimum absolute atomic E-state index is 0.157. The van der Waals surface area contributed by atoms with Crippen LogP contribution in [0.4, 0.5) is 0 Å². The molecule has 176 valence electrons. The molecule has 0 N–H and O–H groups in total. The van der Waals surface area contributed by atoms with Gasteiger partial charge in [-0.25, -0.2) is 0 Å². The Balaban J connectivity index is 2.20. The van der Waals surface area contributed by atoms with Crippen molar-refractivity contribution in [2.24, 2.45) is 0 Å². The maximum Gasteiger partial charge on any atom is 0.119 e. The molecule has 0 aromatic heterocycles. The molecule has 3 rings (SSSR count). The molecule has 3 aromatic carbocycles. The van der Waals surface area contributed by atoms with Gasteiger partial charge >= 0.3 is 0 Å². The van der Waals surface area contributed by atoms with Gasteiger partial charge in [-0.2, -0.15) is 0 Å². The molecule has 0 fully saturated rings. The van der Waals surface area contributed by atoms with E-state index in [0.717, 1.165) is 17.9 Å². The quantitative estimate of drug-likeness (QED) is 0.334. The molecule has 0 aliphatic carbocycles. The van der Waals surface area contributed by atoms with Gasteiger partial charge in [-0.3, -0.25) is 0 Å². The third kappa shape index (κ3) is 4.40. The first kappa shape index (κ1) is 24.9. The van der Waals surface area contributed by atoms with Crippen LogP contribution in [0.1, 0.15) is 70.7 Å². The number of methoxy groups -OCH3 is 1. The molecule has 0 heterocycles. The SMILES string of the molecule is CCOc1ccc(C(C)(C)[C@@](C)(c2ccc(OC)cc2)C(C)(C)c2ccc(CC)cc2)cc1. The highest BCUT2D eigenvalue weighted by Crippen LogP contribution is 2.55. The van der Waals surface area contributed by atoms with E-state index in [-0.39, 0.29) is 16.2 Å². The van der Waals surface area contributed by atoms with Gasteiger partial charge in [0.1, 0.15) is 11.5 Å². The first-order chi connectivity index (χ1) is 15.6. The number of hydrogen-bond donors (Lipinski definition) is 0. The average Bonchev–Trinajstić information content (AvgIpc) is 2.84. The average molecular weight is 445 g/mol. The topological polar surface area (TPSA) is 18.5 Å². The molecule has 2 heteroatoms. The Kier molecular flexibility index (Phi) is 7.26. The summed E-state index contributed by atoms with van der Waals surface area (Å²) >= 11 is 0. The highest BCUT2D eigenvalue weighted by Gasteiger charge is 2.53. The van der Waals surface area contributed by atoms with Crippen molar-refractivity contribution < 1.29 is 9.47 Å². The lowest BCUT2D eigenvalue weighted by atomic mass is 9.48. The minimum Gasteiger partial charge on any atom is -0.497 e. The van der Waals surface area contributed by atoms with Crippen LogP contribution in [-0.4, -0.2) is 13.7 Å². The van der Waals surface area contributed by atoms with Gasteiger partial charge in [0.2, 0.25) is 0 Å². The van der Waals surface area contributed by atoms with Crippen LogP contribution < -0.4 is 9.47 Å². The van der Waals surface area contributed by atoms with Gasteiger partial charge in [-0.1, -0.05) is 90.1 Å². The fourth-order valence-electron chi connectivity index (χ4n) is 5.30. The number of rotatable bonds is 9. The predicted octanol–water partition coefficient (Wildman–Crippen LogP) is 7.87. The number of hydrogen-bond acceptors (Lipinski definition) is 2. The lowest BCUT2D eigenvalue weighted by Gasteiger charge is -2.55. The van der Waals surface area contributed by atoms with E-state index in [1.165, 1.54) is 22.3 Å². The highest BCUT2D eigenvalue weighted by atomic mass is 16.5. The van der Waals surface area contributed by atoms with Gasteiger partial charge in [0.05, 0.1) is 13.7 Å². The van der Waals surface area contributed by atoms with Crippen molar-refractivity contribution in [1.29, 1.82) is 0 Å². The van der Waals surface area contributed by atoms with Gasteiger partial charge < -0.3 is 9.47 Å². The number of benzene rings is 3. The van der Waals surface area contributed by atoms with Gasteiger partial charge in [-0.15, -0.1) is 0 Å². The molecule has 0 saturated heterocycles. The van der Waals surface area contributed by atoms with E-state index in [0.29, 0.717) is 6.61 Å². The second-order valence-corrected chi connectivity index (χ2v) is 10.1. The van der Waals surface area contributed by atoms with Crippen LogP contribution in [0.15, 0.2) is 72.8 Å². The molecular formula is C31H40O2. The zero-order chi connectivity index (χ0) is 24.3. The molecule has 1 atom stereocenters. The maximum absolute atomic E-state index is 5.71. The van der Waals surface area contributed by atoms with Crippen LogP contribution in [-0.2, 0) is 22.7 Å². The molecular weight excluding hydrogens is 404 g/mol. The van der Waals surface area contributed by atoms with E-state index in [1.54, 1.807) is 7.11 Å². The van der Waals surface area contributed by atoms with Crippen LogP contribution in [0.5, 0.6) is 11.5 Å².